The third kappa shape index (κ3) is 2.76. The van der Waals surface area contributed by atoms with E-state index in [1.165, 1.54) is 0 Å². The van der Waals surface area contributed by atoms with Gasteiger partial charge in [-0.05, 0) is 29.3 Å². The van der Waals surface area contributed by atoms with E-state index in [0.29, 0.717) is 22.5 Å². The summed E-state index contributed by atoms with van der Waals surface area (Å²) in [5.74, 6) is 0.640. The molecule has 0 spiro atoms. The molecule has 0 heterocycles. The predicted molar refractivity (Wildman–Crippen MR) is 101 cm³/mol. The minimum atomic E-state index is -1.85. The van der Waals surface area contributed by atoms with Crippen LogP contribution >= 0.6 is 0 Å². The van der Waals surface area contributed by atoms with Crippen molar-refractivity contribution in [2.75, 3.05) is 7.11 Å². The highest BCUT2D eigenvalue weighted by Crippen LogP contribution is 2.44. The van der Waals surface area contributed by atoms with Gasteiger partial charge in [-0.3, -0.25) is 0 Å². The molecule has 5 heteroatoms. The summed E-state index contributed by atoms with van der Waals surface area (Å²) in [5.41, 5.74) is 0.137. The zero-order valence-electron chi connectivity index (χ0n) is 14.5. The summed E-state index contributed by atoms with van der Waals surface area (Å²) in [5, 5.41) is 37.7. The van der Waals surface area contributed by atoms with Crippen molar-refractivity contribution >= 4 is 16.9 Å². The highest BCUT2D eigenvalue weighted by atomic mass is 16.5. The Labute approximate surface area is 157 Å². The largest absolute Gasteiger partial charge is 0.497 e. The molecule has 1 N–H and O–H groups in total. The fourth-order valence-corrected chi connectivity index (χ4v) is 3.07. The van der Waals surface area contributed by atoms with Crippen molar-refractivity contribution in [3.05, 3.63) is 77.4 Å². The smallest absolute Gasteiger partial charge is 0.211 e. The van der Waals surface area contributed by atoms with E-state index in [0.717, 1.165) is 5.56 Å². The Hall–Kier alpha value is -4.14. The second kappa shape index (κ2) is 7.00. The van der Waals surface area contributed by atoms with Crippen molar-refractivity contribution in [1.82, 2.24) is 0 Å². The first kappa shape index (κ1) is 17.7. The number of hydrogen-bond donors (Lipinski definition) is 1. The number of allylic oxidation sites excluding steroid dienone is 4. The van der Waals surface area contributed by atoms with Crippen LogP contribution < -0.4 is 4.74 Å². The summed E-state index contributed by atoms with van der Waals surface area (Å²) in [7, 11) is 1.55. The summed E-state index contributed by atoms with van der Waals surface area (Å²) in [6.07, 6.45) is 1.67. The zero-order valence-corrected chi connectivity index (χ0v) is 14.5. The molecule has 0 atom stereocenters. The fourth-order valence-electron chi connectivity index (χ4n) is 3.07. The quantitative estimate of drug-likeness (QED) is 0.898. The van der Waals surface area contributed by atoms with Gasteiger partial charge in [0.25, 0.3) is 0 Å². The van der Waals surface area contributed by atoms with Gasteiger partial charge in [-0.25, -0.2) is 0 Å². The van der Waals surface area contributed by atoms with Crippen LogP contribution in [0.1, 0.15) is 11.1 Å². The van der Waals surface area contributed by atoms with Crippen LogP contribution in [0.2, 0.25) is 0 Å². The van der Waals surface area contributed by atoms with Crippen molar-refractivity contribution in [2.24, 2.45) is 5.41 Å². The fraction of sp³-hybridized carbons (Fsp3) is 0.0909. The highest BCUT2D eigenvalue weighted by Gasteiger charge is 2.45. The van der Waals surface area contributed by atoms with E-state index in [4.69, 9.17) is 10.1 Å². The number of nitrogens with zero attached hydrogens (tertiary/aromatic N) is 3. The van der Waals surface area contributed by atoms with Crippen LogP contribution in [0.25, 0.3) is 11.1 Å². The molecule has 1 aliphatic rings. The van der Waals surface area contributed by atoms with Gasteiger partial charge in [0.15, 0.2) is 0 Å². The Balaban J connectivity index is 2.32. The van der Waals surface area contributed by atoms with Crippen LogP contribution in [0.3, 0.4) is 0 Å². The molecule has 2 aromatic rings. The molecule has 0 saturated heterocycles. The van der Waals surface area contributed by atoms with Gasteiger partial charge >= 0.3 is 0 Å². The Kier molecular flexibility index (Phi) is 4.58. The number of benzene rings is 2. The van der Waals surface area contributed by atoms with Gasteiger partial charge in [0.05, 0.1) is 30.5 Å². The van der Waals surface area contributed by atoms with Crippen LogP contribution in [-0.4, -0.2) is 12.8 Å². The molecule has 0 radical (unpaired) electrons. The van der Waals surface area contributed by atoms with Crippen LogP contribution in [-0.2, 0) is 0 Å². The number of nitriles is 3. The SMILES string of the molecule is COc1ccc(C2=CC(c3ccccc3)=C(C#N)C(=N)C2(C#N)C#N)cc1. The Morgan fingerprint density at radius 1 is 0.889 bits per heavy atom. The van der Waals surface area contributed by atoms with E-state index in [-0.39, 0.29) is 11.3 Å². The molecule has 0 aromatic heterocycles. The predicted octanol–water partition coefficient (Wildman–Crippen LogP) is 4.12. The van der Waals surface area contributed by atoms with Crippen molar-refractivity contribution in [2.45, 2.75) is 0 Å². The third-order valence-electron chi connectivity index (χ3n) is 4.52. The van der Waals surface area contributed by atoms with E-state index < -0.39 is 5.41 Å². The van der Waals surface area contributed by atoms with E-state index in [2.05, 4.69) is 0 Å². The minimum Gasteiger partial charge on any atom is -0.497 e. The summed E-state index contributed by atoms with van der Waals surface area (Å²) >= 11 is 0. The summed E-state index contributed by atoms with van der Waals surface area (Å²) < 4.78 is 5.16. The molecule has 0 aliphatic heterocycles. The van der Waals surface area contributed by atoms with E-state index in [9.17, 15) is 15.8 Å². The Bertz CT molecular complexity index is 1070. The molecule has 2 aromatic carbocycles. The van der Waals surface area contributed by atoms with Crippen LogP contribution in [0.15, 0.2) is 66.2 Å². The first-order chi connectivity index (χ1) is 13.1. The van der Waals surface area contributed by atoms with Gasteiger partial charge in [0.1, 0.15) is 11.8 Å². The monoisotopic (exact) mass is 350 g/mol. The molecule has 128 valence electrons. The third-order valence-corrected chi connectivity index (χ3v) is 4.52. The molecule has 1 aliphatic carbocycles. The Morgan fingerprint density at radius 2 is 1.52 bits per heavy atom. The molecule has 0 fully saturated rings. The zero-order chi connectivity index (χ0) is 19.4. The molecular weight excluding hydrogens is 336 g/mol. The molecule has 0 saturated carbocycles. The summed E-state index contributed by atoms with van der Waals surface area (Å²) in [6.45, 7) is 0. The number of methoxy groups -OCH3 is 1. The second-order valence-electron chi connectivity index (χ2n) is 5.90. The van der Waals surface area contributed by atoms with E-state index in [1.807, 2.05) is 48.5 Å². The standard InChI is InChI=1S/C22H14N4O/c1-27-17-9-7-16(8-10-17)20-11-18(15-5-3-2-4-6-15)19(12-23)21(26)22(20,13-24)14-25/h2-11,26H,1H3. The first-order valence-electron chi connectivity index (χ1n) is 8.09. The summed E-state index contributed by atoms with van der Waals surface area (Å²) in [6, 6.07) is 22.0. The molecule has 0 unspecified atom stereocenters. The molecule has 3 rings (SSSR count). The van der Waals surface area contributed by atoms with E-state index >= 15 is 0 Å². The van der Waals surface area contributed by atoms with Gasteiger partial charge in [0, 0.05) is 11.1 Å². The Morgan fingerprint density at radius 3 is 2.04 bits per heavy atom. The van der Waals surface area contributed by atoms with E-state index in [1.54, 1.807) is 37.5 Å². The molecule has 5 nitrogen and oxygen atoms in total. The lowest BCUT2D eigenvalue weighted by Gasteiger charge is -2.29. The van der Waals surface area contributed by atoms with Crippen molar-refractivity contribution in [3.63, 3.8) is 0 Å². The molecule has 27 heavy (non-hydrogen) atoms. The maximum absolute atomic E-state index is 9.80. The second-order valence-corrected chi connectivity index (χ2v) is 5.90. The maximum Gasteiger partial charge on any atom is 0.211 e. The van der Waals surface area contributed by atoms with Crippen molar-refractivity contribution in [3.8, 4) is 24.0 Å². The van der Waals surface area contributed by atoms with Gasteiger partial charge in [-0.15, -0.1) is 0 Å². The number of hydrogen-bond acceptors (Lipinski definition) is 5. The molecule has 0 amide bonds. The van der Waals surface area contributed by atoms with Gasteiger partial charge in [0.2, 0.25) is 5.41 Å². The van der Waals surface area contributed by atoms with Crippen molar-refractivity contribution < 1.29 is 4.74 Å². The summed E-state index contributed by atoms with van der Waals surface area (Å²) in [4.78, 5) is 0. The van der Waals surface area contributed by atoms with Crippen LogP contribution in [0, 0.1) is 44.8 Å². The number of ether oxygens (including phenoxy) is 1. The number of nitrogens with one attached hydrogen (secondary N) is 1. The normalized spacial score (nSPS) is 15.2. The van der Waals surface area contributed by atoms with Crippen LogP contribution in [0.5, 0.6) is 5.75 Å². The van der Waals surface area contributed by atoms with Gasteiger partial charge in [-0.2, -0.15) is 15.8 Å². The lowest BCUT2D eigenvalue weighted by atomic mass is 9.68. The van der Waals surface area contributed by atoms with Crippen LogP contribution in [0.4, 0.5) is 0 Å². The topological polar surface area (TPSA) is 104 Å². The average molecular weight is 350 g/mol. The maximum atomic E-state index is 9.80. The highest BCUT2D eigenvalue weighted by molar-refractivity contribution is 6.24. The molecular formula is C22H14N4O. The van der Waals surface area contributed by atoms with Crippen molar-refractivity contribution in [1.29, 1.82) is 21.2 Å². The number of rotatable bonds is 3. The lowest BCUT2D eigenvalue weighted by molar-refractivity contribution is 0.415. The lowest BCUT2D eigenvalue weighted by Crippen LogP contribution is -2.33. The minimum absolute atomic E-state index is 0.0292. The van der Waals surface area contributed by atoms with Gasteiger partial charge in [-0.1, -0.05) is 42.5 Å². The van der Waals surface area contributed by atoms with Gasteiger partial charge < -0.3 is 10.1 Å². The average Bonchev–Trinajstić information content (AvgIpc) is 2.74. The first-order valence-corrected chi connectivity index (χ1v) is 8.09. The molecule has 0 bridgehead atoms.